The Bertz CT molecular complexity index is 1170. The van der Waals surface area contributed by atoms with Crippen LogP contribution in [0.3, 0.4) is 0 Å². The summed E-state index contributed by atoms with van der Waals surface area (Å²) in [6, 6.07) is 4.99. The third-order valence-corrected chi connectivity index (χ3v) is 7.67. The van der Waals surface area contributed by atoms with Crippen LogP contribution in [0.25, 0.3) is 11.3 Å². The van der Waals surface area contributed by atoms with Crippen molar-refractivity contribution in [3.8, 4) is 11.3 Å². The van der Waals surface area contributed by atoms with Crippen LogP contribution in [0.15, 0.2) is 24.4 Å². The van der Waals surface area contributed by atoms with Gasteiger partial charge in [-0.05, 0) is 56.2 Å². The van der Waals surface area contributed by atoms with Gasteiger partial charge in [0.1, 0.15) is 11.6 Å². The lowest BCUT2D eigenvalue weighted by atomic mass is 10.0. The number of anilines is 2. The number of amides is 1. The minimum Gasteiger partial charge on any atom is -0.381 e. The molecule has 0 unspecified atom stereocenters. The third-order valence-electron chi connectivity index (χ3n) is 6.30. The molecule has 3 heterocycles. The highest BCUT2D eigenvalue weighted by Crippen LogP contribution is 2.34. The zero-order valence-electron chi connectivity index (χ0n) is 19.4. The van der Waals surface area contributed by atoms with Crippen molar-refractivity contribution in [2.45, 2.75) is 38.1 Å². The second kappa shape index (κ2) is 11.4. The molecule has 1 amide bonds. The molecule has 2 aromatic rings. The van der Waals surface area contributed by atoms with E-state index in [1.165, 1.54) is 6.20 Å². The summed E-state index contributed by atoms with van der Waals surface area (Å²) in [6.45, 7) is 2.35. The average Bonchev–Trinajstić information content (AvgIpc) is 3.27. The summed E-state index contributed by atoms with van der Waals surface area (Å²) < 4.78 is 30.9. The molecule has 35 heavy (non-hydrogen) atoms. The molecule has 4 rings (SSSR count). The van der Waals surface area contributed by atoms with E-state index in [4.69, 9.17) is 27.9 Å². The van der Waals surface area contributed by atoms with E-state index in [0.717, 1.165) is 38.9 Å². The molecule has 2 aliphatic rings. The van der Waals surface area contributed by atoms with Crippen molar-refractivity contribution in [2.75, 3.05) is 36.6 Å². The number of nitrogens with one attached hydrogen (secondary N) is 3. The van der Waals surface area contributed by atoms with Crippen LogP contribution in [0.5, 0.6) is 0 Å². The van der Waals surface area contributed by atoms with Crippen molar-refractivity contribution >= 4 is 50.8 Å². The van der Waals surface area contributed by atoms with Gasteiger partial charge >= 0.3 is 0 Å². The molecule has 1 aliphatic heterocycles. The first-order valence-corrected chi connectivity index (χ1v) is 14.2. The minimum atomic E-state index is -3.31. The molecule has 9 nitrogen and oxygen atoms in total. The molecule has 0 radical (unpaired) electrons. The molecule has 0 aromatic carbocycles. The fourth-order valence-corrected chi connectivity index (χ4v) is 5.69. The van der Waals surface area contributed by atoms with Gasteiger partial charge in [0.25, 0.3) is 0 Å². The minimum absolute atomic E-state index is 0.213. The van der Waals surface area contributed by atoms with E-state index < -0.39 is 10.0 Å². The fourth-order valence-electron chi connectivity index (χ4n) is 4.48. The number of aromatic nitrogens is 2. The van der Waals surface area contributed by atoms with Crippen LogP contribution in [0.2, 0.25) is 10.0 Å². The van der Waals surface area contributed by atoms with Gasteiger partial charge in [-0.15, -0.1) is 0 Å². The number of ether oxygens (including phenoxy) is 1. The highest BCUT2D eigenvalue weighted by Gasteiger charge is 2.31. The van der Waals surface area contributed by atoms with Crippen molar-refractivity contribution in [2.24, 2.45) is 11.8 Å². The zero-order chi connectivity index (χ0) is 25.0. The van der Waals surface area contributed by atoms with Gasteiger partial charge in [-0.3, -0.25) is 4.79 Å². The van der Waals surface area contributed by atoms with E-state index in [9.17, 15) is 13.2 Å². The van der Waals surface area contributed by atoms with E-state index in [2.05, 4.69) is 25.3 Å². The van der Waals surface area contributed by atoms with Crippen LogP contribution in [0, 0.1) is 11.8 Å². The van der Waals surface area contributed by atoms with Crippen molar-refractivity contribution in [3.05, 3.63) is 34.4 Å². The van der Waals surface area contributed by atoms with Crippen LogP contribution in [0.1, 0.15) is 32.1 Å². The highest BCUT2D eigenvalue weighted by atomic mass is 35.5. The molecular weight excluding hydrogens is 513 g/mol. The van der Waals surface area contributed by atoms with Crippen LogP contribution >= 0.6 is 23.2 Å². The van der Waals surface area contributed by atoms with Crippen LogP contribution in [-0.2, 0) is 19.6 Å². The first-order chi connectivity index (χ1) is 16.7. The lowest BCUT2D eigenvalue weighted by Gasteiger charge is -2.22. The van der Waals surface area contributed by atoms with Gasteiger partial charge in [0, 0.05) is 43.5 Å². The molecule has 2 fully saturated rings. The maximum Gasteiger partial charge on any atom is 0.228 e. The van der Waals surface area contributed by atoms with E-state index in [0.29, 0.717) is 58.1 Å². The number of pyridine rings is 2. The lowest BCUT2D eigenvalue weighted by Crippen LogP contribution is -2.32. The Hall–Kier alpha value is -1.98. The van der Waals surface area contributed by atoms with E-state index in [1.807, 2.05) is 6.07 Å². The smallest absolute Gasteiger partial charge is 0.228 e. The second-order valence-corrected chi connectivity index (χ2v) is 11.7. The Morgan fingerprint density at radius 1 is 1.11 bits per heavy atom. The number of hydrogen-bond donors (Lipinski definition) is 3. The normalized spacial score (nSPS) is 21.1. The number of nitrogens with zero attached hydrogens (tertiary/aromatic N) is 2. The van der Waals surface area contributed by atoms with Gasteiger partial charge in [0.2, 0.25) is 15.9 Å². The summed E-state index contributed by atoms with van der Waals surface area (Å²) in [5.74, 6) is 1.01. The number of hydrogen-bond acceptors (Lipinski definition) is 7. The zero-order valence-corrected chi connectivity index (χ0v) is 21.7. The molecule has 0 spiro atoms. The van der Waals surface area contributed by atoms with E-state index in [-0.39, 0.29) is 17.9 Å². The summed E-state index contributed by atoms with van der Waals surface area (Å²) in [5.41, 5.74) is 1.05. The van der Waals surface area contributed by atoms with Gasteiger partial charge in [-0.1, -0.05) is 23.2 Å². The monoisotopic (exact) mass is 541 g/mol. The fraction of sp³-hybridized carbons (Fsp3) is 0.522. The Balaban J connectivity index is 1.45. The Kier molecular flexibility index (Phi) is 8.49. The number of sulfonamides is 1. The van der Waals surface area contributed by atoms with Crippen molar-refractivity contribution in [3.63, 3.8) is 0 Å². The van der Waals surface area contributed by atoms with Gasteiger partial charge in [0.05, 0.1) is 22.0 Å². The molecule has 12 heteroatoms. The van der Waals surface area contributed by atoms with Gasteiger partial charge < -0.3 is 15.4 Å². The predicted molar refractivity (Wildman–Crippen MR) is 137 cm³/mol. The quantitative estimate of drug-likeness (QED) is 0.462. The van der Waals surface area contributed by atoms with Gasteiger partial charge in [0.15, 0.2) is 0 Å². The maximum atomic E-state index is 12.8. The van der Waals surface area contributed by atoms with Crippen LogP contribution < -0.4 is 15.4 Å². The molecule has 190 valence electrons. The predicted octanol–water partition coefficient (Wildman–Crippen LogP) is 3.95. The summed E-state index contributed by atoms with van der Waals surface area (Å²) >= 11 is 12.9. The first kappa shape index (κ1) is 26.1. The number of carbonyl (C=O) groups excluding carboxylic acids is 1. The molecule has 1 saturated heterocycles. The Morgan fingerprint density at radius 2 is 1.89 bits per heavy atom. The number of carbonyl (C=O) groups is 1. The molecule has 2 aromatic heterocycles. The molecular formula is C23H29Cl2N5O4S. The molecule has 2 atom stereocenters. The SMILES string of the molecule is CS(=O)(=O)N[C@H]1CC[C@@H](C(=O)Nc2cc(-c3nc(NCC4CCOCC4)ccc3Cl)c(Cl)cn2)C1. The number of rotatable bonds is 8. The summed E-state index contributed by atoms with van der Waals surface area (Å²) in [4.78, 5) is 21.7. The third kappa shape index (κ3) is 7.27. The highest BCUT2D eigenvalue weighted by molar-refractivity contribution is 7.88. The summed E-state index contributed by atoms with van der Waals surface area (Å²) in [5, 5.41) is 6.98. The van der Waals surface area contributed by atoms with Crippen LogP contribution in [-0.4, -0.2) is 56.3 Å². The topological polar surface area (TPSA) is 122 Å². The summed E-state index contributed by atoms with van der Waals surface area (Å²) in [6.07, 6.45) is 6.24. The molecule has 1 aliphatic carbocycles. The first-order valence-electron chi connectivity index (χ1n) is 11.6. The van der Waals surface area contributed by atoms with E-state index in [1.54, 1.807) is 12.1 Å². The van der Waals surface area contributed by atoms with E-state index >= 15 is 0 Å². The molecule has 1 saturated carbocycles. The van der Waals surface area contributed by atoms with Crippen molar-refractivity contribution < 1.29 is 17.9 Å². The van der Waals surface area contributed by atoms with Crippen molar-refractivity contribution in [1.29, 1.82) is 0 Å². The van der Waals surface area contributed by atoms with Crippen molar-refractivity contribution in [1.82, 2.24) is 14.7 Å². The summed E-state index contributed by atoms with van der Waals surface area (Å²) in [7, 11) is -3.31. The Morgan fingerprint density at radius 3 is 2.63 bits per heavy atom. The maximum absolute atomic E-state index is 12.8. The number of halogens is 2. The Labute approximate surface area is 215 Å². The standard InChI is InChI=1S/C23H29Cl2N5O4S/c1-35(32,33)30-16-3-2-15(10-16)23(31)29-21-11-17(19(25)13-27-21)22-18(24)4-5-20(28-22)26-12-14-6-8-34-9-7-14/h4-5,11,13-16,30H,2-3,6-10,12H2,1H3,(H,26,28)(H,27,29,31)/t15-,16+/m1/s1. The molecule has 0 bridgehead atoms. The lowest BCUT2D eigenvalue weighted by molar-refractivity contribution is -0.119. The second-order valence-electron chi connectivity index (χ2n) is 9.10. The largest absolute Gasteiger partial charge is 0.381 e. The average molecular weight is 542 g/mol. The molecule has 3 N–H and O–H groups in total. The van der Waals surface area contributed by atoms with Gasteiger partial charge in [-0.2, -0.15) is 0 Å². The van der Waals surface area contributed by atoms with Crippen LogP contribution in [0.4, 0.5) is 11.6 Å². The van der Waals surface area contributed by atoms with Gasteiger partial charge in [-0.25, -0.2) is 23.1 Å².